The fourth-order valence-corrected chi connectivity index (χ4v) is 2.92. The summed E-state index contributed by atoms with van der Waals surface area (Å²) in [4.78, 5) is 17.4. The standard InChI is InChI=1S/C17H14N2O2S/c1-2-11-22-17-18-15-6-4-3-5-14(15)16(21)19(17)12-7-9-13(20)10-8-12/h2-10,20H,1,11H2. The first kappa shape index (κ1) is 14.4. The van der Waals surface area contributed by atoms with Crippen molar-refractivity contribution in [2.24, 2.45) is 0 Å². The molecule has 1 N–H and O–H groups in total. The zero-order valence-corrected chi connectivity index (χ0v) is 12.6. The van der Waals surface area contributed by atoms with Crippen molar-refractivity contribution in [2.75, 3.05) is 5.75 Å². The number of phenolic OH excluding ortho intramolecular Hbond substituents is 1. The lowest BCUT2D eigenvalue weighted by Gasteiger charge is -2.12. The van der Waals surface area contributed by atoms with E-state index in [9.17, 15) is 9.90 Å². The molecule has 0 saturated carbocycles. The first-order valence-electron chi connectivity index (χ1n) is 6.75. The molecule has 0 spiro atoms. The molecule has 0 aliphatic rings. The maximum absolute atomic E-state index is 12.8. The number of phenols is 1. The Labute approximate surface area is 131 Å². The van der Waals surface area contributed by atoms with E-state index in [1.807, 2.05) is 18.2 Å². The van der Waals surface area contributed by atoms with E-state index in [0.29, 0.717) is 27.5 Å². The van der Waals surface area contributed by atoms with Crippen molar-refractivity contribution in [3.8, 4) is 11.4 Å². The van der Waals surface area contributed by atoms with Crippen LogP contribution in [0, 0.1) is 0 Å². The van der Waals surface area contributed by atoms with Crippen molar-refractivity contribution in [3.63, 3.8) is 0 Å². The number of fused-ring (bicyclic) bond motifs is 1. The zero-order chi connectivity index (χ0) is 15.5. The maximum Gasteiger partial charge on any atom is 0.266 e. The van der Waals surface area contributed by atoms with Crippen molar-refractivity contribution >= 4 is 22.7 Å². The van der Waals surface area contributed by atoms with Gasteiger partial charge in [-0.3, -0.25) is 9.36 Å². The molecule has 0 bridgehead atoms. The molecule has 0 radical (unpaired) electrons. The Morgan fingerprint density at radius 2 is 1.91 bits per heavy atom. The summed E-state index contributed by atoms with van der Waals surface area (Å²) in [6.07, 6.45) is 1.77. The number of hydrogen-bond acceptors (Lipinski definition) is 4. The summed E-state index contributed by atoms with van der Waals surface area (Å²) in [5.41, 5.74) is 1.23. The van der Waals surface area contributed by atoms with Crippen LogP contribution in [0.25, 0.3) is 16.6 Å². The molecule has 0 unspecified atom stereocenters. The summed E-state index contributed by atoms with van der Waals surface area (Å²) in [5.74, 6) is 0.814. The van der Waals surface area contributed by atoms with Crippen LogP contribution in [0.2, 0.25) is 0 Å². The van der Waals surface area contributed by atoms with Crippen LogP contribution in [0.3, 0.4) is 0 Å². The van der Waals surface area contributed by atoms with Crippen LogP contribution in [0.15, 0.2) is 71.1 Å². The minimum atomic E-state index is -0.122. The summed E-state index contributed by atoms with van der Waals surface area (Å²) < 4.78 is 1.57. The second-order valence-electron chi connectivity index (χ2n) is 4.67. The Bertz CT molecular complexity index is 885. The van der Waals surface area contributed by atoms with E-state index in [1.54, 1.807) is 41.0 Å². The van der Waals surface area contributed by atoms with Crippen LogP contribution in [-0.4, -0.2) is 20.4 Å². The van der Waals surface area contributed by atoms with Crippen molar-refractivity contribution in [3.05, 3.63) is 71.5 Å². The number of aromatic hydroxyl groups is 1. The number of para-hydroxylation sites is 1. The fraction of sp³-hybridized carbons (Fsp3) is 0.0588. The fourth-order valence-electron chi connectivity index (χ4n) is 2.17. The third kappa shape index (κ3) is 2.63. The molecule has 2 aromatic carbocycles. The number of aromatic nitrogens is 2. The summed E-state index contributed by atoms with van der Waals surface area (Å²) >= 11 is 1.45. The first-order valence-corrected chi connectivity index (χ1v) is 7.74. The molecule has 1 aromatic heterocycles. The van der Waals surface area contributed by atoms with Gasteiger partial charge in [-0.2, -0.15) is 0 Å². The smallest absolute Gasteiger partial charge is 0.266 e. The molecule has 0 aliphatic carbocycles. The summed E-state index contributed by atoms with van der Waals surface area (Å²) in [6, 6.07) is 13.8. The van der Waals surface area contributed by atoms with Gasteiger partial charge in [0, 0.05) is 5.75 Å². The van der Waals surface area contributed by atoms with Crippen LogP contribution >= 0.6 is 11.8 Å². The summed E-state index contributed by atoms with van der Waals surface area (Å²) in [6.45, 7) is 3.71. The predicted octanol–water partition coefficient (Wildman–Crippen LogP) is 3.37. The van der Waals surface area contributed by atoms with Crippen molar-refractivity contribution < 1.29 is 5.11 Å². The minimum Gasteiger partial charge on any atom is -0.508 e. The SMILES string of the molecule is C=CCSc1nc2ccccc2c(=O)n1-c1ccc(O)cc1. The second-order valence-corrected chi connectivity index (χ2v) is 5.66. The zero-order valence-electron chi connectivity index (χ0n) is 11.8. The van der Waals surface area contributed by atoms with Gasteiger partial charge in [0.25, 0.3) is 5.56 Å². The highest BCUT2D eigenvalue weighted by molar-refractivity contribution is 7.99. The Hall–Kier alpha value is -2.53. The van der Waals surface area contributed by atoms with Gasteiger partial charge < -0.3 is 5.11 Å². The number of hydrogen-bond donors (Lipinski definition) is 1. The quantitative estimate of drug-likeness (QED) is 0.456. The molecule has 5 heteroatoms. The van der Waals surface area contributed by atoms with Gasteiger partial charge in [-0.15, -0.1) is 6.58 Å². The molecule has 1 heterocycles. The number of benzene rings is 2. The van der Waals surface area contributed by atoms with Gasteiger partial charge in [-0.1, -0.05) is 30.0 Å². The normalized spacial score (nSPS) is 10.7. The van der Waals surface area contributed by atoms with Crippen molar-refractivity contribution in [2.45, 2.75) is 5.16 Å². The summed E-state index contributed by atoms with van der Waals surface area (Å²) in [5, 5.41) is 10.6. The molecule has 0 atom stereocenters. The van der Waals surface area contributed by atoms with Gasteiger partial charge in [0.05, 0.1) is 16.6 Å². The topological polar surface area (TPSA) is 55.1 Å². The van der Waals surface area contributed by atoms with Crippen LogP contribution < -0.4 is 5.56 Å². The Morgan fingerprint density at radius 1 is 1.18 bits per heavy atom. The van der Waals surface area contributed by atoms with Crippen LogP contribution in [-0.2, 0) is 0 Å². The third-order valence-corrected chi connectivity index (χ3v) is 4.12. The molecule has 3 aromatic rings. The Balaban J connectivity index is 2.29. The van der Waals surface area contributed by atoms with E-state index in [4.69, 9.17) is 0 Å². The molecule has 0 saturated heterocycles. The minimum absolute atomic E-state index is 0.122. The van der Waals surface area contributed by atoms with Gasteiger partial charge in [-0.05, 0) is 36.4 Å². The lowest BCUT2D eigenvalue weighted by atomic mass is 10.2. The van der Waals surface area contributed by atoms with Gasteiger partial charge in [-0.25, -0.2) is 4.98 Å². The average Bonchev–Trinajstić information content (AvgIpc) is 2.54. The van der Waals surface area contributed by atoms with E-state index in [1.165, 1.54) is 11.8 Å². The molecule has 22 heavy (non-hydrogen) atoms. The van der Waals surface area contributed by atoms with E-state index < -0.39 is 0 Å². The Kier molecular flexibility index (Phi) is 3.98. The second kappa shape index (κ2) is 6.07. The van der Waals surface area contributed by atoms with Crippen LogP contribution in [0.5, 0.6) is 5.75 Å². The van der Waals surface area contributed by atoms with Gasteiger partial charge in [0.15, 0.2) is 5.16 Å². The number of nitrogens with zero attached hydrogens (tertiary/aromatic N) is 2. The lowest BCUT2D eigenvalue weighted by Crippen LogP contribution is -2.21. The van der Waals surface area contributed by atoms with Crippen LogP contribution in [0.4, 0.5) is 0 Å². The first-order chi connectivity index (χ1) is 10.7. The molecule has 0 amide bonds. The van der Waals surface area contributed by atoms with E-state index in [-0.39, 0.29) is 11.3 Å². The van der Waals surface area contributed by atoms with Gasteiger partial charge in [0.2, 0.25) is 0 Å². The molecule has 0 aliphatic heterocycles. The third-order valence-electron chi connectivity index (χ3n) is 3.18. The van der Waals surface area contributed by atoms with Crippen molar-refractivity contribution in [1.29, 1.82) is 0 Å². The van der Waals surface area contributed by atoms with E-state index in [0.717, 1.165) is 0 Å². The molecule has 0 fully saturated rings. The highest BCUT2D eigenvalue weighted by Crippen LogP contribution is 2.22. The number of thioether (sulfide) groups is 1. The lowest BCUT2D eigenvalue weighted by molar-refractivity contribution is 0.475. The molecule has 3 rings (SSSR count). The largest absolute Gasteiger partial charge is 0.508 e. The van der Waals surface area contributed by atoms with Gasteiger partial charge in [0.1, 0.15) is 5.75 Å². The highest BCUT2D eigenvalue weighted by Gasteiger charge is 2.12. The monoisotopic (exact) mass is 310 g/mol. The van der Waals surface area contributed by atoms with Crippen LogP contribution in [0.1, 0.15) is 0 Å². The maximum atomic E-state index is 12.8. The van der Waals surface area contributed by atoms with Gasteiger partial charge >= 0.3 is 0 Å². The van der Waals surface area contributed by atoms with Crippen molar-refractivity contribution in [1.82, 2.24) is 9.55 Å². The summed E-state index contributed by atoms with van der Waals surface area (Å²) in [7, 11) is 0. The van der Waals surface area contributed by atoms with E-state index >= 15 is 0 Å². The molecule has 4 nitrogen and oxygen atoms in total. The molecular weight excluding hydrogens is 296 g/mol. The highest BCUT2D eigenvalue weighted by atomic mass is 32.2. The average molecular weight is 310 g/mol. The Morgan fingerprint density at radius 3 is 2.64 bits per heavy atom. The predicted molar refractivity (Wildman–Crippen MR) is 89.9 cm³/mol. The van der Waals surface area contributed by atoms with E-state index in [2.05, 4.69) is 11.6 Å². The molecular formula is C17H14N2O2S. The number of rotatable bonds is 4. The molecule has 110 valence electrons.